The molecular weight excluding hydrogens is 210 g/mol. The van der Waals surface area contributed by atoms with Gasteiger partial charge in [0.2, 0.25) is 0 Å². The maximum absolute atomic E-state index is 3.44. The van der Waals surface area contributed by atoms with Crippen molar-refractivity contribution < 1.29 is 0 Å². The first-order valence-corrected chi connectivity index (χ1v) is 7.26. The Hall–Kier alpha value is -0.120. The summed E-state index contributed by atoms with van der Waals surface area (Å²) in [5, 5.41) is 3.44. The van der Waals surface area contributed by atoms with E-state index in [-0.39, 0.29) is 0 Å². The molecule has 0 amide bonds. The van der Waals surface area contributed by atoms with Crippen LogP contribution in [0, 0.1) is 5.41 Å². The van der Waals surface area contributed by atoms with Gasteiger partial charge in [-0.2, -0.15) is 0 Å². The van der Waals surface area contributed by atoms with Crippen molar-refractivity contribution in [2.24, 2.45) is 5.41 Å². The standard InChI is InChI=1S/C14H29N3/c1-13(2)17-8-4-14(3,5-9-17)12-16-10-6-15-7-11-16/h13,15H,4-12H2,1-3H3. The van der Waals surface area contributed by atoms with Crippen LogP contribution >= 0.6 is 0 Å². The lowest BCUT2D eigenvalue weighted by Crippen LogP contribution is -2.51. The molecule has 2 rings (SSSR count). The zero-order valence-corrected chi connectivity index (χ0v) is 11.8. The first-order chi connectivity index (χ1) is 8.09. The summed E-state index contributed by atoms with van der Waals surface area (Å²) in [5.74, 6) is 0. The van der Waals surface area contributed by atoms with Crippen LogP contribution in [0.25, 0.3) is 0 Å². The van der Waals surface area contributed by atoms with Gasteiger partial charge in [0.1, 0.15) is 0 Å². The number of piperazine rings is 1. The topological polar surface area (TPSA) is 18.5 Å². The summed E-state index contributed by atoms with van der Waals surface area (Å²) in [6.45, 7) is 15.8. The number of nitrogens with one attached hydrogen (secondary N) is 1. The van der Waals surface area contributed by atoms with Gasteiger partial charge in [-0.3, -0.25) is 0 Å². The van der Waals surface area contributed by atoms with Gasteiger partial charge in [0, 0.05) is 38.8 Å². The predicted octanol–water partition coefficient (Wildman–Crippen LogP) is 1.40. The highest BCUT2D eigenvalue weighted by Crippen LogP contribution is 2.32. The first kappa shape index (κ1) is 13.3. The van der Waals surface area contributed by atoms with E-state index in [2.05, 4.69) is 35.9 Å². The minimum atomic E-state index is 0.558. The Kier molecular flexibility index (Phi) is 4.45. The van der Waals surface area contributed by atoms with Gasteiger partial charge in [-0.25, -0.2) is 0 Å². The van der Waals surface area contributed by atoms with E-state index >= 15 is 0 Å². The van der Waals surface area contributed by atoms with Gasteiger partial charge in [-0.15, -0.1) is 0 Å². The molecule has 0 aliphatic carbocycles. The molecule has 0 atom stereocenters. The molecule has 0 aromatic carbocycles. The fourth-order valence-corrected chi connectivity index (χ4v) is 3.15. The van der Waals surface area contributed by atoms with E-state index in [4.69, 9.17) is 0 Å². The Morgan fingerprint density at radius 2 is 1.65 bits per heavy atom. The van der Waals surface area contributed by atoms with Gasteiger partial charge in [0.05, 0.1) is 0 Å². The average Bonchev–Trinajstić information content (AvgIpc) is 2.30. The molecule has 2 saturated heterocycles. The Bertz CT molecular complexity index is 226. The van der Waals surface area contributed by atoms with Gasteiger partial charge in [-0.1, -0.05) is 6.92 Å². The molecule has 2 fully saturated rings. The summed E-state index contributed by atoms with van der Waals surface area (Å²) in [6, 6.07) is 0.721. The normalized spacial score (nSPS) is 27.5. The predicted molar refractivity (Wildman–Crippen MR) is 73.4 cm³/mol. The smallest absolute Gasteiger partial charge is 0.0108 e. The van der Waals surface area contributed by atoms with Crippen LogP contribution in [0.15, 0.2) is 0 Å². The summed E-state index contributed by atoms with van der Waals surface area (Å²) >= 11 is 0. The number of rotatable bonds is 3. The molecule has 3 nitrogen and oxygen atoms in total. The lowest BCUT2D eigenvalue weighted by molar-refractivity contribution is 0.0572. The van der Waals surface area contributed by atoms with Gasteiger partial charge in [0.25, 0.3) is 0 Å². The van der Waals surface area contributed by atoms with E-state index in [0.29, 0.717) is 5.41 Å². The van der Waals surface area contributed by atoms with E-state index < -0.39 is 0 Å². The van der Waals surface area contributed by atoms with E-state index in [0.717, 1.165) is 6.04 Å². The van der Waals surface area contributed by atoms with Crippen molar-refractivity contribution in [2.75, 3.05) is 45.8 Å². The van der Waals surface area contributed by atoms with Gasteiger partial charge < -0.3 is 15.1 Å². The van der Waals surface area contributed by atoms with Crippen molar-refractivity contribution in [3.63, 3.8) is 0 Å². The fraction of sp³-hybridized carbons (Fsp3) is 1.00. The number of nitrogens with zero attached hydrogens (tertiary/aromatic N) is 2. The summed E-state index contributed by atoms with van der Waals surface area (Å²) in [6.07, 6.45) is 2.74. The summed E-state index contributed by atoms with van der Waals surface area (Å²) in [7, 11) is 0. The highest BCUT2D eigenvalue weighted by Gasteiger charge is 2.32. The Balaban J connectivity index is 1.80. The van der Waals surface area contributed by atoms with Crippen LogP contribution in [-0.2, 0) is 0 Å². The van der Waals surface area contributed by atoms with Gasteiger partial charge in [0.15, 0.2) is 0 Å². The molecule has 1 N–H and O–H groups in total. The third-order valence-corrected chi connectivity index (χ3v) is 4.55. The molecule has 0 radical (unpaired) electrons. The molecule has 2 aliphatic heterocycles. The van der Waals surface area contributed by atoms with Crippen molar-refractivity contribution in [3.05, 3.63) is 0 Å². The van der Waals surface area contributed by atoms with Crippen molar-refractivity contribution in [1.29, 1.82) is 0 Å². The minimum absolute atomic E-state index is 0.558. The Morgan fingerprint density at radius 3 is 2.18 bits per heavy atom. The molecule has 0 unspecified atom stereocenters. The van der Waals surface area contributed by atoms with E-state index in [1.807, 2.05) is 0 Å². The van der Waals surface area contributed by atoms with Gasteiger partial charge in [-0.05, 0) is 45.2 Å². The highest BCUT2D eigenvalue weighted by molar-refractivity contribution is 4.87. The summed E-state index contributed by atoms with van der Waals surface area (Å²) < 4.78 is 0. The number of piperidine rings is 1. The van der Waals surface area contributed by atoms with Crippen LogP contribution in [0.2, 0.25) is 0 Å². The second kappa shape index (κ2) is 5.68. The SMILES string of the molecule is CC(C)N1CCC(C)(CN2CCNCC2)CC1. The third-order valence-electron chi connectivity index (χ3n) is 4.55. The van der Waals surface area contributed by atoms with Gasteiger partial charge >= 0.3 is 0 Å². The van der Waals surface area contributed by atoms with E-state index in [9.17, 15) is 0 Å². The van der Waals surface area contributed by atoms with E-state index in [1.54, 1.807) is 0 Å². The zero-order valence-electron chi connectivity index (χ0n) is 11.8. The molecule has 0 aromatic heterocycles. The van der Waals surface area contributed by atoms with Crippen molar-refractivity contribution in [2.45, 2.75) is 39.7 Å². The maximum atomic E-state index is 3.44. The van der Waals surface area contributed by atoms with Crippen molar-refractivity contribution >= 4 is 0 Å². The van der Waals surface area contributed by atoms with Crippen molar-refractivity contribution in [3.8, 4) is 0 Å². The average molecular weight is 239 g/mol. The lowest BCUT2D eigenvalue weighted by atomic mass is 9.79. The molecule has 0 saturated carbocycles. The first-order valence-electron chi connectivity index (χ1n) is 7.26. The van der Waals surface area contributed by atoms with Crippen LogP contribution in [0.3, 0.4) is 0 Å². The quantitative estimate of drug-likeness (QED) is 0.803. The second-order valence-electron chi connectivity index (χ2n) is 6.47. The molecular formula is C14H29N3. The van der Waals surface area contributed by atoms with Crippen LogP contribution in [-0.4, -0.2) is 61.7 Å². The van der Waals surface area contributed by atoms with Crippen molar-refractivity contribution in [1.82, 2.24) is 15.1 Å². The molecule has 100 valence electrons. The maximum Gasteiger partial charge on any atom is 0.0108 e. The molecule has 3 heteroatoms. The fourth-order valence-electron chi connectivity index (χ4n) is 3.15. The molecule has 0 bridgehead atoms. The van der Waals surface area contributed by atoms with Crippen LogP contribution in [0.4, 0.5) is 0 Å². The Labute approximate surface area is 107 Å². The van der Waals surface area contributed by atoms with Crippen LogP contribution < -0.4 is 5.32 Å². The second-order valence-corrected chi connectivity index (χ2v) is 6.47. The number of hydrogen-bond acceptors (Lipinski definition) is 3. The summed E-state index contributed by atoms with van der Waals surface area (Å²) in [5.41, 5.74) is 0.558. The van der Waals surface area contributed by atoms with Crippen LogP contribution in [0.5, 0.6) is 0 Å². The lowest BCUT2D eigenvalue weighted by Gasteiger charge is -2.44. The largest absolute Gasteiger partial charge is 0.314 e. The Morgan fingerprint density at radius 1 is 1.06 bits per heavy atom. The minimum Gasteiger partial charge on any atom is -0.314 e. The molecule has 2 aliphatic rings. The zero-order chi connectivity index (χ0) is 12.3. The molecule has 0 aromatic rings. The monoisotopic (exact) mass is 239 g/mol. The molecule has 2 heterocycles. The number of hydrogen-bond donors (Lipinski definition) is 1. The van der Waals surface area contributed by atoms with E-state index in [1.165, 1.54) is 58.7 Å². The summed E-state index contributed by atoms with van der Waals surface area (Å²) in [4.78, 5) is 5.28. The third kappa shape index (κ3) is 3.67. The highest BCUT2D eigenvalue weighted by atomic mass is 15.2. The molecule has 0 spiro atoms. The number of likely N-dealkylation sites (tertiary alicyclic amines) is 1. The van der Waals surface area contributed by atoms with Crippen LogP contribution in [0.1, 0.15) is 33.6 Å². The molecule has 17 heavy (non-hydrogen) atoms.